The van der Waals surface area contributed by atoms with E-state index in [1.54, 1.807) is 17.5 Å². The van der Waals surface area contributed by atoms with Crippen molar-refractivity contribution in [2.24, 2.45) is 0 Å². The summed E-state index contributed by atoms with van der Waals surface area (Å²) < 4.78 is 0. The highest BCUT2D eigenvalue weighted by Gasteiger charge is 1.99. The topological polar surface area (TPSA) is 24.9 Å². The minimum atomic E-state index is 0.776. The van der Waals surface area contributed by atoms with E-state index in [9.17, 15) is 0 Å². The first-order valence-corrected chi connectivity index (χ1v) is 5.90. The van der Waals surface area contributed by atoms with Crippen LogP contribution in [0.3, 0.4) is 0 Å². The summed E-state index contributed by atoms with van der Waals surface area (Å²) >= 11 is 7.61. The molecule has 0 saturated carbocycles. The molecule has 1 N–H and O–H groups in total. The number of anilines is 1. The maximum Gasteiger partial charge on any atom is 0.182 e. The third kappa shape index (κ3) is 2.94. The quantitative estimate of drug-likeness (QED) is 0.883. The Kier molecular flexibility index (Phi) is 3.59. The van der Waals surface area contributed by atoms with Crippen molar-refractivity contribution in [3.63, 3.8) is 0 Å². The minimum Gasteiger partial charge on any atom is -0.361 e. The summed E-state index contributed by atoms with van der Waals surface area (Å²) in [6, 6.07) is 8.78. The van der Waals surface area contributed by atoms with Gasteiger partial charge in [-0.2, -0.15) is 0 Å². The van der Waals surface area contributed by atoms with Crippen molar-refractivity contribution < 1.29 is 0 Å². The van der Waals surface area contributed by atoms with Gasteiger partial charge in [-0.1, -0.05) is 23.7 Å². The van der Waals surface area contributed by atoms with E-state index in [2.05, 4.69) is 16.4 Å². The summed E-state index contributed by atoms with van der Waals surface area (Å²) in [6.07, 6.45) is 2.65. The van der Waals surface area contributed by atoms with Crippen LogP contribution in [0, 0.1) is 6.07 Å². The van der Waals surface area contributed by atoms with Crippen LogP contribution in [0.1, 0.15) is 5.56 Å². The van der Waals surface area contributed by atoms with Gasteiger partial charge in [0.25, 0.3) is 0 Å². The number of nitrogens with zero attached hydrogens (tertiary/aromatic N) is 1. The molecule has 0 unspecified atom stereocenters. The summed E-state index contributed by atoms with van der Waals surface area (Å²) in [6.45, 7) is 0.827. The summed E-state index contributed by atoms with van der Waals surface area (Å²) in [7, 11) is 0. The molecular formula is C11H10ClN2S. The lowest BCUT2D eigenvalue weighted by atomic mass is 10.1. The van der Waals surface area contributed by atoms with E-state index in [1.165, 1.54) is 0 Å². The fourth-order valence-corrected chi connectivity index (χ4v) is 2.03. The molecule has 0 aliphatic carbocycles. The van der Waals surface area contributed by atoms with Crippen molar-refractivity contribution in [1.82, 2.24) is 4.98 Å². The van der Waals surface area contributed by atoms with Crippen LogP contribution in [0.25, 0.3) is 0 Å². The fourth-order valence-electron chi connectivity index (χ4n) is 1.25. The highest BCUT2D eigenvalue weighted by molar-refractivity contribution is 7.13. The third-order valence-corrected chi connectivity index (χ3v) is 3.05. The van der Waals surface area contributed by atoms with Gasteiger partial charge in [-0.15, -0.1) is 11.3 Å². The summed E-state index contributed by atoms with van der Waals surface area (Å²) in [4.78, 5) is 4.13. The van der Waals surface area contributed by atoms with E-state index in [4.69, 9.17) is 11.6 Å². The summed E-state index contributed by atoms with van der Waals surface area (Å²) in [5.74, 6) is 0. The Morgan fingerprint density at radius 3 is 3.20 bits per heavy atom. The Morgan fingerprint density at radius 1 is 1.53 bits per heavy atom. The average Bonchev–Trinajstić information content (AvgIpc) is 2.74. The Balaban J connectivity index is 1.86. The lowest BCUT2D eigenvalue weighted by Gasteiger charge is -2.04. The largest absolute Gasteiger partial charge is 0.361 e. The van der Waals surface area contributed by atoms with E-state index in [0.29, 0.717) is 0 Å². The van der Waals surface area contributed by atoms with Crippen molar-refractivity contribution >= 4 is 28.1 Å². The molecule has 0 saturated heterocycles. The van der Waals surface area contributed by atoms with Crippen molar-refractivity contribution in [3.05, 3.63) is 46.4 Å². The zero-order chi connectivity index (χ0) is 10.5. The van der Waals surface area contributed by atoms with E-state index < -0.39 is 0 Å². The molecule has 0 atom stereocenters. The van der Waals surface area contributed by atoms with E-state index in [1.807, 2.05) is 23.6 Å². The predicted molar refractivity (Wildman–Crippen MR) is 64.6 cm³/mol. The molecule has 1 radical (unpaired) electrons. The molecule has 0 spiro atoms. The number of hydrogen-bond donors (Lipinski definition) is 1. The van der Waals surface area contributed by atoms with Crippen LogP contribution in [0.5, 0.6) is 0 Å². The second kappa shape index (κ2) is 5.14. The van der Waals surface area contributed by atoms with Crippen LogP contribution in [-0.4, -0.2) is 11.5 Å². The predicted octanol–water partition coefficient (Wildman–Crippen LogP) is 3.25. The normalized spacial score (nSPS) is 10.2. The third-order valence-electron chi connectivity index (χ3n) is 1.97. The van der Waals surface area contributed by atoms with Crippen LogP contribution < -0.4 is 5.32 Å². The van der Waals surface area contributed by atoms with Crippen LogP contribution in [0.2, 0.25) is 5.02 Å². The summed E-state index contributed by atoms with van der Waals surface area (Å²) in [5, 5.41) is 6.90. The molecule has 0 aliphatic heterocycles. The standard InChI is InChI=1S/C11H10ClN2S/c12-10-4-2-1-3-9(10)5-6-13-11-14-7-8-15-11/h1-2,4,7-8H,5-6H2,(H,13,14). The molecule has 15 heavy (non-hydrogen) atoms. The SMILES string of the molecule is Clc1ccc[c]c1CCNc1nccs1. The molecule has 1 heterocycles. The van der Waals surface area contributed by atoms with E-state index in [0.717, 1.165) is 28.7 Å². The zero-order valence-electron chi connectivity index (χ0n) is 8.03. The molecule has 2 aromatic rings. The highest BCUT2D eigenvalue weighted by atomic mass is 35.5. The first-order valence-electron chi connectivity index (χ1n) is 4.65. The van der Waals surface area contributed by atoms with Gasteiger partial charge in [-0.3, -0.25) is 0 Å². The second-order valence-electron chi connectivity index (χ2n) is 3.01. The maximum atomic E-state index is 6.01. The van der Waals surface area contributed by atoms with Crippen molar-refractivity contribution in [2.45, 2.75) is 6.42 Å². The van der Waals surface area contributed by atoms with Crippen LogP contribution in [0.15, 0.2) is 29.8 Å². The Morgan fingerprint density at radius 2 is 2.47 bits per heavy atom. The molecular weight excluding hydrogens is 228 g/mol. The number of aromatic nitrogens is 1. The molecule has 0 aliphatic rings. The van der Waals surface area contributed by atoms with E-state index >= 15 is 0 Å². The van der Waals surface area contributed by atoms with Gasteiger partial charge in [0.2, 0.25) is 0 Å². The number of hydrogen-bond acceptors (Lipinski definition) is 3. The van der Waals surface area contributed by atoms with Gasteiger partial charge >= 0.3 is 0 Å². The van der Waals surface area contributed by atoms with Crippen LogP contribution in [-0.2, 0) is 6.42 Å². The zero-order valence-corrected chi connectivity index (χ0v) is 9.61. The van der Waals surface area contributed by atoms with Gasteiger partial charge < -0.3 is 5.32 Å². The lowest BCUT2D eigenvalue weighted by molar-refractivity contribution is 1.01. The number of halogens is 1. The van der Waals surface area contributed by atoms with Crippen LogP contribution in [0.4, 0.5) is 5.13 Å². The van der Waals surface area contributed by atoms with Crippen LogP contribution >= 0.6 is 22.9 Å². The van der Waals surface area contributed by atoms with E-state index in [-0.39, 0.29) is 0 Å². The Hall–Kier alpha value is -1.06. The van der Waals surface area contributed by atoms with Crippen molar-refractivity contribution in [2.75, 3.05) is 11.9 Å². The van der Waals surface area contributed by atoms with Gasteiger partial charge in [-0.05, 0) is 24.1 Å². The van der Waals surface area contributed by atoms with Gasteiger partial charge in [0.05, 0.1) is 0 Å². The Labute approximate surface area is 97.9 Å². The monoisotopic (exact) mass is 237 g/mol. The summed E-state index contributed by atoms with van der Waals surface area (Å²) in [5.41, 5.74) is 1.04. The minimum absolute atomic E-state index is 0.776. The molecule has 1 aromatic carbocycles. The molecule has 0 fully saturated rings. The molecule has 1 aromatic heterocycles. The Bertz CT molecular complexity index is 414. The van der Waals surface area contributed by atoms with Gasteiger partial charge in [-0.25, -0.2) is 4.98 Å². The lowest BCUT2D eigenvalue weighted by Crippen LogP contribution is -2.04. The first kappa shape index (κ1) is 10.5. The van der Waals surface area contributed by atoms with Gasteiger partial charge in [0.1, 0.15) is 0 Å². The molecule has 0 amide bonds. The van der Waals surface area contributed by atoms with Crippen molar-refractivity contribution in [3.8, 4) is 0 Å². The number of rotatable bonds is 4. The number of nitrogens with one attached hydrogen (secondary N) is 1. The maximum absolute atomic E-state index is 6.01. The molecule has 2 rings (SSSR count). The van der Waals surface area contributed by atoms with Gasteiger partial charge in [0.15, 0.2) is 5.13 Å². The number of benzene rings is 1. The fraction of sp³-hybridized carbons (Fsp3) is 0.182. The first-order chi connectivity index (χ1) is 7.36. The average molecular weight is 238 g/mol. The van der Waals surface area contributed by atoms with Gasteiger partial charge in [0, 0.05) is 23.1 Å². The number of thiazole rings is 1. The molecule has 2 nitrogen and oxygen atoms in total. The smallest absolute Gasteiger partial charge is 0.182 e. The molecule has 77 valence electrons. The second-order valence-corrected chi connectivity index (χ2v) is 4.31. The molecule has 0 bridgehead atoms. The van der Waals surface area contributed by atoms with Crippen molar-refractivity contribution in [1.29, 1.82) is 0 Å². The highest BCUT2D eigenvalue weighted by Crippen LogP contribution is 2.15. The molecule has 4 heteroatoms.